The van der Waals surface area contributed by atoms with E-state index in [4.69, 9.17) is 0 Å². The van der Waals surface area contributed by atoms with E-state index in [0.717, 1.165) is 58.6 Å². The number of thioether (sulfide) groups is 1. The maximum atomic E-state index is 4.68. The van der Waals surface area contributed by atoms with Gasteiger partial charge in [0, 0.05) is 40.5 Å². The first-order chi connectivity index (χ1) is 18.5. The number of pyridine rings is 2. The number of H-pyrrole nitrogens is 2. The summed E-state index contributed by atoms with van der Waals surface area (Å²) in [5.41, 5.74) is 9.25. The van der Waals surface area contributed by atoms with Crippen LogP contribution in [0, 0.1) is 0 Å². The highest BCUT2D eigenvalue weighted by Gasteiger charge is 2.16. The van der Waals surface area contributed by atoms with Crippen LogP contribution in [0.3, 0.4) is 0 Å². The highest BCUT2D eigenvalue weighted by molar-refractivity contribution is 8.02. The quantitative estimate of drug-likeness (QED) is 0.220. The minimum atomic E-state index is 0.543. The molecule has 1 saturated heterocycles. The van der Waals surface area contributed by atoms with Crippen LogP contribution in [0.1, 0.15) is 51.7 Å². The fourth-order valence-electron chi connectivity index (χ4n) is 4.97. The lowest BCUT2D eigenvalue weighted by atomic mass is 10.0. The average molecular weight is 525 g/mol. The topological polar surface area (TPSA) is 73.5 Å². The van der Waals surface area contributed by atoms with Gasteiger partial charge in [0.2, 0.25) is 0 Å². The van der Waals surface area contributed by atoms with E-state index in [1.807, 2.05) is 30.2 Å². The van der Waals surface area contributed by atoms with Gasteiger partial charge in [-0.05, 0) is 85.7 Å². The molecular formula is C31H36N6S. The molecule has 0 unspecified atom stereocenters. The first kappa shape index (κ1) is 26.2. The molecule has 4 aromatic heterocycles. The van der Waals surface area contributed by atoms with E-state index in [1.54, 1.807) is 0 Å². The number of aromatic amines is 2. The van der Waals surface area contributed by atoms with Crippen molar-refractivity contribution < 1.29 is 0 Å². The molecule has 0 saturated carbocycles. The molecule has 4 aromatic rings. The van der Waals surface area contributed by atoms with E-state index in [9.17, 15) is 0 Å². The van der Waals surface area contributed by atoms with Gasteiger partial charge in [-0.1, -0.05) is 38.7 Å². The predicted molar refractivity (Wildman–Crippen MR) is 163 cm³/mol. The summed E-state index contributed by atoms with van der Waals surface area (Å²) in [5.74, 6) is 0. The number of hydrogen-bond acceptors (Lipinski definition) is 5. The number of rotatable bonds is 9. The monoisotopic (exact) mass is 524 g/mol. The normalized spacial score (nSPS) is 15.9. The highest BCUT2D eigenvalue weighted by Crippen LogP contribution is 2.33. The Balaban J connectivity index is 1.51. The van der Waals surface area contributed by atoms with Crippen LogP contribution in [-0.4, -0.2) is 54.9 Å². The summed E-state index contributed by atoms with van der Waals surface area (Å²) in [4.78, 5) is 15.3. The smallest absolute Gasteiger partial charge is 0.181 e. The molecule has 1 aliphatic heterocycles. The van der Waals surface area contributed by atoms with E-state index >= 15 is 0 Å². The lowest BCUT2D eigenvalue weighted by Crippen LogP contribution is -2.21. The zero-order valence-electron chi connectivity index (χ0n) is 22.7. The van der Waals surface area contributed by atoms with Crippen molar-refractivity contribution in [2.24, 2.45) is 0 Å². The van der Waals surface area contributed by atoms with E-state index in [-0.39, 0.29) is 0 Å². The summed E-state index contributed by atoms with van der Waals surface area (Å²) in [7, 11) is 0. The van der Waals surface area contributed by atoms with Crippen molar-refractivity contribution in [3.63, 3.8) is 0 Å². The Kier molecular flexibility index (Phi) is 7.95. The Labute approximate surface area is 229 Å². The maximum Gasteiger partial charge on any atom is 0.181 e. The van der Waals surface area contributed by atoms with E-state index in [1.165, 1.54) is 29.6 Å². The zero-order valence-corrected chi connectivity index (χ0v) is 23.5. The second kappa shape index (κ2) is 11.5. The van der Waals surface area contributed by atoms with Gasteiger partial charge in [-0.3, -0.25) is 10.00 Å². The van der Waals surface area contributed by atoms with Gasteiger partial charge in [-0.25, -0.2) is 9.97 Å². The van der Waals surface area contributed by atoms with Gasteiger partial charge in [-0.15, -0.1) is 11.8 Å². The van der Waals surface area contributed by atoms with Crippen LogP contribution in [0.5, 0.6) is 0 Å². The summed E-state index contributed by atoms with van der Waals surface area (Å²) in [6, 6.07) is 6.42. The van der Waals surface area contributed by atoms with Crippen LogP contribution in [0.25, 0.3) is 44.6 Å². The lowest BCUT2D eigenvalue weighted by molar-refractivity contribution is 0.371. The number of allylic oxidation sites excluding steroid dienone is 4. The molecule has 5 heterocycles. The second-order valence-corrected chi connectivity index (χ2v) is 11.6. The Morgan fingerprint density at radius 2 is 2.00 bits per heavy atom. The van der Waals surface area contributed by atoms with Gasteiger partial charge in [0.1, 0.15) is 5.65 Å². The van der Waals surface area contributed by atoms with Crippen molar-refractivity contribution in [1.29, 1.82) is 0 Å². The molecule has 0 atom stereocenters. The first-order valence-electron chi connectivity index (χ1n) is 13.3. The largest absolute Gasteiger partial charge is 0.338 e. The molecule has 0 spiro atoms. The second-order valence-electron chi connectivity index (χ2n) is 10.1. The molecule has 196 valence electrons. The van der Waals surface area contributed by atoms with E-state index < -0.39 is 0 Å². The van der Waals surface area contributed by atoms with Gasteiger partial charge in [0.25, 0.3) is 0 Å². The van der Waals surface area contributed by atoms with Crippen molar-refractivity contribution in [1.82, 2.24) is 30.0 Å². The summed E-state index contributed by atoms with van der Waals surface area (Å²) in [5, 5.41) is 12.6. The number of hydrogen-bond donors (Lipinski definition) is 2. The van der Waals surface area contributed by atoms with Crippen molar-refractivity contribution in [3.05, 3.63) is 77.5 Å². The highest BCUT2D eigenvalue weighted by atomic mass is 32.2. The fraction of sp³-hybridized carbons (Fsp3) is 0.323. The van der Waals surface area contributed by atoms with Crippen molar-refractivity contribution in [2.75, 3.05) is 19.6 Å². The predicted octanol–water partition coefficient (Wildman–Crippen LogP) is 7.62. The number of nitrogens with one attached hydrogen (secondary N) is 2. The van der Waals surface area contributed by atoms with Crippen LogP contribution >= 0.6 is 11.8 Å². The Morgan fingerprint density at radius 1 is 1.18 bits per heavy atom. The van der Waals surface area contributed by atoms with Crippen LogP contribution < -0.4 is 0 Å². The van der Waals surface area contributed by atoms with Crippen LogP contribution in [-0.2, 0) is 0 Å². The standard InChI is InChI=1S/C31H36N6S/c1-6-22(18-37-12-8-9-13-37)14-23(7-2)24-15-27-29(35-36-31(27)33-17-24)28-16-26-25(10-11-32-30(26)34-28)21(5)19-38-20(3)4/h6-7,10-11,14-17,19-20H,1,8-9,12-13,18H2,2-5H3,(H,32,34)(H,33,35,36)/b21-19+,22-14+,23-7+. The summed E-state index contributed by atoms with van der Waals surface area (Å²) < 4.78 is 0. The molecule has 6 nitrogen and oxygen atoms in total. The van der Waals surface area contributed by atoms with Crippen molar-refractivity contribution in [3.8, 4) is 11.4 Å². The Hall–Kier alpha value is -3.42. The van der Waals surface area contributed by atoms with Gasteiger partial charge >= 0.3 is 0 Å². The third kappa shape index (κ3) is 5.54. The third-order valence-corrected chi connectivity index (χ3v) is 8.04. The minimum absolute atomic E-state index is 0.543. The molecule has 2 N–H and O–H groups in total. The van der Waals surface area contributed by atoms with E-state index in [0.29, 0.717) is 10.9 Å². The SMILES string of the molecule is C=C/C(=C\C(=C/C)c1cnc2n[nH]c(-c3cc4c(/C(C)=C/SC(C)C)ccnc4[nH]3)c2c1)CN1CCCC1. The van der Waals surface area contributed by atoms with Gasteiger partial charge in [0.05, 0.1) is 11.4 Å². The van der Waals surface area contributed by atoms with Gasteiger partial charge in [0.15, 0.2) is 5.65 Å². The van der Waals surface area contributed by atoms with Gasteiger partial charge < -0.3 is 4.98 Å². The molecule has 0 amide bonds. The average Bonchev–Trinajstić information content (AvgIpc) is 3.68. The number of likely N-dealkylation sites (tertiary alicyclic amines) is 1. The first-order valence-corrected chi connectivity index (χ1v) is 14.3. The molecule has 7 heteroatoms. The molecule has 0 aliphatic carbocycles. The molecular weight excluding hydrogens is 488 g/mol. The van der Waals surface area contributed by atoms with Crippen LogP contribution in [0.15, 0.2) is 66.4 Å². The molecule has 1 fully saturated rings. The molecule has 0 radical (unpaired) electrons. The summed E-state index contributed by atoms with van der Waals surface area (Å²) in [6.07, 6.45) is 12.7. The fourth-order valence-corrected chi connectivity index (χ4v) is 5.57. The molecule has 0 bridgehead atoms. The summed E-state index contributed by atoms with van der Waals surface area (Å²) in [6.45, 7) is 16.0. The summed E-state index contributed by atoms with van der Waals surface area (Å²) >= 11 is 1.83. The minimum Gasteiger partial charge on any atom is -0.338 e. The van der Waals surface area contributed by atoms with Crippen LogP contribution in [0.4, 0.5) is 0 Å². The number of aromatic nitrogens is 5. The van der Waals surface area contributed by atoms with Crippen molar-refractivity contribution >= 4 is 45.0 Å². The third-order valence-electron chi connectivity index (χ3n) is 7.00. The van der Waals surface area contributed by atoms with E-state index in [2.05, 4.69) is 100 Å². The maximum absolute atomic E-state index is 4.68. The van der Waals surface area contributed by atoms with Gasteiger partial charge in [-0.2, -0.15) is 5.10 Å². The molecule has 5 rings (SSSR count). The molecule has 1 aliphatic rings. The Morgan fingerprint density at radius 3 is 2.74 bits per heavy atom. The molecule has 0 aromatic carbocycles. The molecule has 38 heavy (non-hydrogen) atoms. The number of nitrogens with zero attached hydrogens (tertiary/aromatic N) is 4. The Bertz CT molecular complexity index is 1550. The lowest BCUT2D eigenvalue weighted by Gasteiger charge is -2.15. The van der Waals surface area contributed by atoms with Crippen LogP contribution in [0.2, 0.25) is 0 Å². The van der Waals surface area contributed by atoms with Crippen molar-refractivity contribution in [2.45, 2.75) is 45.8 Å². The zero-order chi connectivity index (χ0) is 26.6. The number of fused-ring (bicyclic) bond motifs is 2.